The number of nitrogens with one attached hydrogen (secondary N) is 1. The zero-order valence-corrected chi connectivity index (χ0v) is 17.2. The molecule has 3 aromatic rings. The predicted molar refractivity (Wildman–Crippen MR) is 111 cm³/mol. The molecule has 0 fully saturated rings. The van der Waals surface area contributed by atoms with Gasteiger partial charge >= 0.3 is 0 Å². The SMILES string of the molecule is CN(Cc1cccnc1)C(=O)C(Cc1ccccc1)NS(=O)(=O)c1ccccc1F. The highest BCUT2D eigenvalue weighted by Crippen LogP contribution is 2.16. The number of aromatic nitrogens is 1. The fourth-order valence-corrected chi connectivity index (χ4v) is 4.32. The summed E-state index contributed by atoms with van der Waals surface area (Å²) >= 11 is 0. The first-order valence-electron chi connectivity index (χ1n) is 9.31. The summed E-state index contributed by atoms with van der Waals surface area (Å²) in [5.74, 6) is -1.30. The Morgan fingerprint density at radius 1 is 1.03 bits per heavy atom. The van der Waals surface area contributed by atoms with Crippen LogP contribution in [0, 0.1) is 5.82 Å². The van der Waals surface area contributed by atoms with Crippen LogP contribution in [-0.4, -0.2) is 37.3 Å². The molecule has 1 heterocycles. The molecule has 0 bridgehead atoms. The molecule has 0 aliphatic heterocycles. The first-order valence-corrected chi connectivity index (χ1v) is 10.8. The van der Waals surface area contributed by atoms with Crippen LogP contribution in [0.4, 0.5) is 4.39 Å². The summed E-state index contributed by atoms with van der Waals surface area (Å²) in [4.78, 5) is 18.1. The smallest absolute Gasteiger partial charge is 0.244 e. The van der Waals surface area contributed by atoms with Crippen LogP contribution < -0.4 is 4.72 Å². The van der Waals surface area contributed by atoms with E-state index < -0.39 is 32.7 Å². The van der Waals surface area contributed by atoms with Crippen molar-refractivity contribution in [3.8, 4) is 0 Å². The molecule has 0 saturated heterocycles. The number of benzene rings is 2. The van der Waals surface area contributed by atoms with E-state index in [1.807, 2.05) is 24.3 Å². The minimum Gasteiger partial charge on any atom is -0.340 e. The van der Waals surface area contributed by atoms with E-state index in [-0.39, 0.29) is 13.0 Å². The zero-order chi connectivity index (χ0) is 21.6. The van der Waals surface area contributed by atoms with Crippen LogP contribution in [0.3, 0.4) is 0 Å². The molecule has 1 amide bonds. The Kier molecular flexibility index (Phi) is 6.91. The van der Waals surface area contributed by atoms with E-state index in [0.717, 1.165) is 17.2 Å². The second-order valence-electron chi connectivity index (χ2n) is 6.85. The summed E-state index contributed by atoms with van der Waals surface area (Å²) in [7, 11) is -2.66. The average molecular weight is 428 g/mol. The normalized spacial score (nSPS) is 12.3. The van der Waals surface area contributed by atoms with E-state index >= 15 is 0 Å². The highest BCUT2D eigenvalue weighted by atomic mass is 32.2. The Labute approximate surface area is 175 Å². The summed E-state index contributed by atoms with van der Waals surface area (Å²) in [6.45, 7) is 0.263. The van der Waals surface area contributed by atoms with Crippen LogP contribution >= 0.6 is 0 Å². The van der Waals surface area contributed by atoms with Gasteiger partial charge in [0.2, 0.25) is 15.9 Å². The molecule has 1 unspecified atom stereocenters. The summed E-state index contributed by atoms with van der Waals surface area (Å²) in [5.41, 5.74) is 1.59. The number of halogens is 1. The van der Waals surface area contributed by atoms with Crippen molar-refractivity contribution >= 4 is 15.9 Å². The molecule has 3 rings (SSSR count). The van der Waals surface area contributed by atoms with Gasteiger partial charge in [0.25, 0.3) is 0 Å². The number of likely N-dealkylation sites (N-methyl/N-ethyl adjacent to an activating group) is 1. The lowest BCUT2D eigenvalue weighted by Crippen LogP contribution is -2.48. The van der Waals surface area contributed by atoms with Crippen LogP contribution in [0.2, 0.25) is 0 Å². The molecule has 6 nitrogen and oxygen atoms in total. The molecule has 0 saturated carbocycles. The van der Waals surface area contributed by atoms with Gasteiger partial charge in [-0.15, -0.1) is 0 Å². The molecule has 0 aliphatic carbocycles. The first kappa shape index (κ1) is 21.6. The summed E-state index contributed by atoms with van der Waals surface area (Å²) < 4.78 is 42.1. The maximum atomic E-state index is 14.1. The Morgan fingerprint density at radius 2 is 1.70 bits per heavy atom. The summed E-state index contributed by atoms with van der Waals surface area (Å²) in [6.07, 6.45) is 3.40. The lowest BCUT2D eigenvalue weighted by atomic mass is 10.1. The third kappa shape index (κ3) is 5.49. The Hall–Kier alpha value is -3.10. The molecule has 0 radical (unpaired) electrons. The molecule has 1 N–H and O–H groups in total. The lowest BCUT2D eigenvalue weighted by molar-refractivity contribution is -0.132. The minimum absolute atomic E-state index is 0.130. The van der Waals surface area contributed by atoms with Crippen molar-refractivity contribution in [3.05, 3.63) is 96.1 Å². The second kappa shape index (κ2) is 9.60. The average Bonchev–Trinajstić information content (AvgIpc) is 2.74. The van der Waals surface area contributed by atoms with Gasteiger partial charge in [0.15, 0.2) is 0 Å². The number of hydrogen-bond acceptors (Lipinski definition) is 4. The van der Waals surface area contributed by atoms with Gasteiger partial charge in [-0.25, -0.2) is 12.8 Å². The van der Waals surface area contributed by atoms with E-state index in [0.29, 0.717) is 0 Å². The molecule has 156 valence electrons. The Morgan fingerprint density at radius 3 is 2.37 bits per heavy atom. The molecule has 2 aromatic carbocycles. The molecular formula is C22H22FN3O3S. The number of rotatable bonds is 8. The van der Waals surface area contributed by atoms with E-state index in [1.165, 1.54) is 23.1 Å². The van der Waals surface area contributed by atoms with Crippen LogP contribution in [0.25, 0.3) is 0 Å². The fraction of sp³-hybridized carbons (Fsp3) is 0.182. The van der Waals surface area contributed by atoms with Crippen molar-refractivity contribution in [3.63, 3.8) is 0 Å². The van der Waals surface area contributed by atoms with E-state index in [1.54, 1.807) is 37.6 Å². The van der Waals surface area contributed by atoms with Crippen LogP contribution in [0.15, 0.2) is 84.0 Å². The molecule has 1 aromatic heterocycles. The summed E-state index contributed by atoms with van der Waals surface area (Å²) in [5, 5.41) is 0. The third-order valence-electron chi connectivity index (χ3n) is 4.52. The van der Waals surface area contributed by atoms with Gasteiger partial charge in [-0.2, -0.15) is 4.72 Å². The fourth-order valence-electron chi connectivity index (χ4n) is 3.05. The van der Waals surface area contributed by atoms with Crippen molar-refractivity contribution in [2.45, 2.75) is 23.9 Å². The van der Waals surface area contributed by atoms with E-state index in [9.17, 15) is 17.6 Å². The van der Waals surface area contributed by atoms with E-state index in [4.69, 9.17) is 0 Å². The van der Waals surface area contributed by atoms with E-state index in [2.05, 4.69) is 9.71 Å². The molecule has 0 spiro atoms. The Balaban J connectivity index is 1.86. The highest BCUT2D eigenvalue weighted by Gasteiger charge is 2.29. The van der Waals surface area contributed by atoms with Gasteiger partial charge in [0, 0.05) is 26.0 Å². The van der Waals surface area contributed by atoms with Crippen molar-refractivity contribution in [2.75, 3.05) is 7.05 Å². The van der Waals surface area contributed by atoms with Crippen molar-refractivity contribution in [1.29, 1.82) is 0 Å². The molecule has 8 heteroatoms. The first-order chi connectivity index (χ1) is 14.4. The lowest BCUT2D eigenvalue weighted by Gasteiger charge is -2.25. The predicted octanol–water partition coefficient (Wildman–Crippen LogP) is 2.77. The third-order valence-corrected chi connectivity index (χ3v) is 6.03. The molecule has 1 atom stereocenters. The van der Waals surface area contributed by atoms with Gasteiger partial charge in [-0.1, -0.05) is 48.5 Å². The Bertz CT molecular complexity index is 1090. The minimum atomic E-state index is -4.25. The number of carbonyl (C=O) groups is 1. The maximum absolute atomic E-state index is 14.1. The number of sulfonamides is 1. The van der Waals surface area contributed by atoms with Gasteiger partial charge in [0.1, 0.15) is 16.8 Å². The zero-order valence-electron chi connectivity index (χ0n) is 16.4. The molecule has 0 aliphatic rings. The quantitative estimate of drug-likeness (QED) is 0.600. The highest BCUT2D eigenvalue weighted by molar-refractivity contribution is 7.89. The van der Waals surface area contributed by atoms with Crippen LogP contribution in [0.1, 0.15) is 11.1 Å². The van der Waals surface area contributed by atoms with Gasteiger partial charge in [-0.3, -0.25) is 9.78 Å². The second-order valence-corrected chi connectivity index (χ2v) is 8.53. The number of amides is 1. The topological polar surface area (TPSA) is 79.4 Å². The van der Waals surface area contributed by atoms with Gasteiger partial charge in [0.05, 0.1) is 0 Å². The summed E-state index contributed by atoms with van der Waals surface area (Å²) in [6, 6.07) is 16.6. The van der Waals surface area contributed by atoms with Crippen molar-refractivity contribution in [1.82, 2.24) is 14.6 Å². The monoisotopic (exact) mass is 427 g/mol. The van der Waals surface area contributed by atoms with Gasteiger partial charge in [-0.05, 0) is 35.7 Å². The number of carbonyl (C=O) groups excluding carboxylic acids is 1. The largest absolute Gasteiger partial charge is 0.340 e. The molecular weight excluding hydrogens is 405 g/mol. The van der Waals surface area contributed by atoms with Gasteiger partial charge < -0.3 is 4.90 Å². The van der Waals surface area contributed by atoms with Crippen molar-refractivity contribution < 1.29 is 17.6 Å². The van der Waals surface area contributed by atoms with Crippen LogP contribution in [-0.2, 0) is 27.8 Å². The van der Waals surface area contributed by atoms with Crippen molar-refractivity contribution in [2.24, 2.45) is 0 Å². The molecule has 30 heavy (non-hydrogen) atoms. The number of pyridine rings is 1. The number of nitrogens with zero attached hydrogens (tertiary/aromatic N) is 2. The van der Waals surface area contributed by atoms with Crippen LogP contribution in [0.5, 0.6) is 0 Å². The number of hydrogen-bond donors (Lipinski definition) is 1. The standard InChI is InChI=1S/C22H22FN3O3S/c1-26(16-18-10-7-13-24-15-18)22(27)20(14-17-8-3-2-4-9-17)25-30(28,29)21-12-6-5-11-19(21)23/h2-13,15,20,25H,14,16H2,1H3. The maximum Gasteiger partial charge on any atom is 0.244 e.